The lowest BCUT2D eigenvalue weighted by molar-refractivity contribution is -0.121. The Morgan fingerprint density at radius 1 is 1.17 bits per heavy atom. The maximum atomic E-state index is 13.0. The van der Waals surface area contributed by atoms with E-state index < -0.39 is 16.1 Å². The minimum Gasteiger partial charge on any atom is -0.322 e. The van der Waals surface area contributed by atoms with Crippen molar-refractivity contribution in [3.8, 4) is 0 Å². The lowest BCUT2D eigenvalue weighted by Gasteiger charge is -2.28. The highest BCUT2D eigenvalue weighted by Gasteiger charge is 2.32. The van der Waals surface area contributed by atoms with Crippen molar-refractivity contribution in [3.63, 3.8) is 0 Å². The average Bonchev–Trinajstić information content (AvgIpc) is 2.97. The van der Waals surface area contributed by atoms with E-state index in [1.807, 2.05) is 31.4 Å². The van der Waals surface area contributed by atoms with Crippen LogP contribution in [0.15, 0.2) is 47.6 Å². The van der Waals surface area contributed by atoms with E-state index in [0.717, 1.165) is 22.4 Å². The van der Waals surface area contributed by atoms with Crippen LogP contribution in [0.2, 0.25) is 0 Å². The second-order valence-electron chi connectivity index (χ2n) is 7.57. The van der Waals surface area contributed by atoms with Gasteiger partial charge < -0.3 is 4.57 Å². The molecule has 29 heavy (non-hydrogen) atoms. The number of carbonyl (C=O) groups excluding carboxylic acids is 1. The maximum absolute atomic E-state index is 13.0. The number of rotatable bonds is 7. The Labute approximate surface area is 171 Å². The normalized spacial score (nSPS) is 13.3. The van der Waals surface area contributed by atoms with E-state index in [-0.39, 0.29) is 16.6 Å². The first-order valence-corrected chi connectivity index (χ1v) is 10.9. The molecule has 0 radical (unpaired) electrons. The molecule has 1 atom stereocenters. The molecule has 0 aliphatic rings. The molecule has 0 N–H and O–H groups in total. The SMILES string of the molecule is CC(=O)C(C(C)C)N(C)S(=O)(=O)c1ccc(Cn2c(C)nc3ccncc32)cc1. The van der Waals surface area contributed by atoms with Crippen molar-refractivity contribution in [1.82, 2.24) is 18.8 Å². The van der Waals surface area contributed by atoms with Crippen LogP contribution in [-0.2, 0) is 21.4 Å². The molecule has 2 aromatic heterocycles. The van der Waals surface area contributed by atoms with Gasteiger partial charge in [-0.1, -0.05) is 26.0 Å². The number of Topliss-reactive ketones (excluding diaryl/α,β-unsaturated/α-hetero) is 1. The van der Waals surface area contributed by atoms with Crippen molar-refractivity contribution in [2.45, 2.75) is 45.2 Å². The third kappa shape index (κ3) is 4.09. The molecule has 0 aliphatic heterocycles. The minimum absolute atomic E-state index is 0.113. The molecule has 0 aliphatic carbocycles. The molecule has 0 bridgehead atoms. The molecule has 7 nitrogen and oxygen atoms in total. The van der Waals surface area contributed by atoms with E-state index >= 15 is 0 Å². The zero-order chi connectivity index (χ0) is 21.3. The predicted octanol–water partition coefficient (Wildman–Crippen LogP) is 3.02. The largest absolute Gasteiger partial charge is 0.322 e. The zero-order valence-electron chi connectivity index (χ0n) is 17.3. The first-order valence-electron chi connectivity index (χ1n) is 9.47. The molecule has 1 aromatic carbocycles. The fourth-order valence-corrected chi connectivity index (χ4v) is 5.20. The number of benzene rings is 1. The van der Waals surface area contributed by atoms with Crippen LogP contribution in [-0.4, -0.2) is 46.1 Å². The summed E-state index contributed by atoms with van der Waals surface area (Å²) in [6.07, 6.45) is 3.48. The van der Waals surface area contributed by atoms with E-state index in [1.165, 1.54) is 18.3 Å². The predicted molar refractivity (Wildman–Crippen MR) is 112 cm³/mol. The van der Waals surface area contributed by atoms with Gasteiger partial charge in [0.2, 0.25) is 10.0 Å². The number of imidazole rings is 1. The maximum Gasteiger partial charge on any atom is 0.243 e. The lowest BCUT2D eigenvalue weighted by Crippen LogP contribution is -2.44. The summed E-state index contributed by atoms with van der Waals surface area (Å²) in [4.78, 5) is 20.8. The number of ketones is 1. The van der Waals surface area contributed by atoms with Crippen molar-refractivity contribution >= 4 is 26.8 Å². The Morgan fingerprint density at radius 2 is 1.83 bits per heavy atom. The number of fused-ring (bicyclic) bond motifs is 1. The Hall–Kier alpha value is -2.58. The van der Waals surface area contributed by atoms with Gasteiger partial charge in [-0.25, -0.2) is 13.4 Å². The van der Waals surface area contributed by atoms with Crippen molar-refractivity contribution in [3.05, 3.63) is 54.1 Å². The smallest absolute Gasteiger partial charge is 0.243 e. The number of hydrogen-bond acceptors (Lipinski definition) is 5. The van der Waals surface area contributed by atoms with Crippen LogP contribution in [0.1, 0.15) is 32.2 Å². The van der Waals surface area contributed by atoms with Gasteiger partial charge in [-0.05, 0) is 43.5 Å². The summed E-state index contributed by atoms with van der Waals surface area (Å²) in [7, 11) is -2.30. The van der Waals surface area contributed by atoms with Gasteiger partial charge in [0.25, 0.3) is 0 Å². The van der Waals surface area contributed by atoms with Crippen molar-refractivity contribution in [1.29, 1.82) is 0 Å². The Balaban J connectivity index is 1.87. The van der Waals surface area contributed by atoms with Gasteiger partial charge in [0, 0.05) is 19.8 Å². The molecule has 0 saturated carbocycles. The second kappa shape index (κ2) is 8.04. The van der Waals surface area contributed by atoms with E-state index in [9.17, 15) is 13.2 Å². The van der Waals surface area contributed by atoms with Crippen LogP contribution in [0.3, 0.4) is 0 Å². The fourth-order valence-electron chi connectivity index (χ4n) is 3.70. The van der Waals surface area contributed by atoms with Crippen LogP contribution in [0.25, 0.3) is 11.0 Å². The number of aromatic nitrogens is 3. The Bertz CT molecular complexity index is 1130. The van der Waals surface area contributed by atoms with E-state index in [0.29, 0.717) is 6.54 Å². The van der Waals surface area contributed by atoms with E-state index in [4.69, 9.17) is 0 Å². The van der Waals surface area contributed by atoms with Gasteiger partial charge in [0.05, 0.1) is 28.2 Å². The van der Waals surface area contributed by atoms with E-state index in [2.05, 4.69) is 9.97 Å². The molecule has 8 heteroatoms. The monoisotopic (exact) mass is 414 g/mol. The highest BCUT2D eigenvalue weighted by molar-refractivity contribution is 7.89. The third-order valence-corrected chi connectivity index (χ3v) is 6.98. The van der Waals surface area contributed by atoms with Gasteiger partial charge in [-0.2, -0.15) is 4.31 Å². The van der Waals surface area contributed by atoms with Gasteiger partial charge in [0.15, 0.2) is 0 Å². The molecule has 0 spiro atoms. The molecule has 0 saturated heterocycles. The zero-order valence-corrected chi connectivity index (χ0v) is 18.1. The first kappa shape index (κ1) is 21.1. The number of pyridine rings is 1. The fraction of sp³-hybridized carbons (Fsp3) is 0.381. The summed E-state index contributed by atoms with van der Waals surface area (Å²) in [5, 5.41) is 0. The molecule has 154 valence electrons. The van der Waals surface area contributed by atoms with Crippen molar-refractivity contribution in [2.24, 2.45) is 5.92 Å². The molecule has 2 heterocycles. The summed E-state index contributed by atoms with van der Waals surface area (Å²) >= 11 is 0. The molecule has 0 fully saturated rings. The standard InChI is InChI=1S/C21H26N4O3S/c1-14(2)21(15(3)26)24(5)29(27,28)18-8-6-17(7-9-18)13-25-16(4)23-19-10-11-22-12-20(19)25/h6-12,14,21H,13H2,1-5H3. The molecule has 3 aromatic rings. The van der Waals surface area contributed by atoms with Crippen molar-refractivity contribution < 1.29 is 13.2 Å². The second-order valence-corrected chi connectivity index (χ2v) is 9.57. The molecule has 1 unspecified atom stereocenters. The van der Waals surface area contributed by atoms with Gasteiger partial charge in [0.1, 0.15) is 11.6 Å². The van der Waals surface area contributed by atoms with Crippen molar-refractivity contribution in [2.75, 3.05) is 7.05 Å². The molecule has 3 rings (SSSR count). The topological polar surface area (TPSA) is 85.2 Å². The summed E-state index contributed by atoms with van der Waals surface area (Å²) in [6, 6.07) is 7.94. The Morgan fingerprint density at radius 3 is 2.41 bits per heavy atom. The number of nitrogens with zero attached hydrogens (tertiary/aromatic N) is 4. The average molecular weight is 415 g/mol. The highest BCUT2D eigenvalue weighted by atomic mass is 32.2. The van der Waals surface area contributed by atoms with Gasteiger partial charge in [-0.15, -0.1) is 0 Å². The number of likely N-dealkylation sites (N-methyl/N-ethyl adjacent to an activating group) is 1. The highest BCUT2D eigenvalue weighted by Crippen LogP contribution is 2.22. The number of hydrogen-bond donors (Lipinski definition) is 0. The summed E-state index contributed by atoms with van der Waals surface area (Å²) < 4.78 is 29.2. The Kier molecular flexibility index (Phi) is 5.86. The van der Waals surface area contributed by atoms with Crippen LogP contribution >= 0.6 is 0 Å². The molecular formula is C21H26N4O3S. The summed E-state index contributed by atoms with van der Waals surface area (Å²) in [6.45, 7) is 7.60. The van der Waals surface area contributed by atoms with Gasteiger partial charge in [-0.3, -0.25) is 9.78 Å². The van der Waals surface area contributed by atoms with Gasteiger partial charge >= 0.3 is 0 Å². The number of carbonyl (C=O) groups is 1. The summed E-state index contributed by atoms with van der Waals surface area (Å²) in [5.41, 5.74) is 2.76. The van der Waals surface area contributed by atoms with Crippen LogP contribution in [0.4, 0.5) is 0 Å². The van der Waals surface area contributed by atoms with Crippen LogP contribution in [0, 0.1) is 12.8 Å². The van der Waals surface area contributed by atoms with Crippen LogP contribution in [0.5, 0.6) is 0 Å². The first-order chi connectivity index (χ1) is 13.6. The summed E-state index contributed by atoms with van der Waals surface area (Å²) in [5.74, 6) is 0.585. The van der Waals surface area contributed by atoms with Crippen LogP contribution < -0.4 is 0 Å². The third-order valence-electron chi connectivity index (χ3n) is 5.12. The minimum atomic E-state index is -3.77. The number of sulfonamides is 1. The van der Waals surface area contributed by atoms with E-state index in [1.54, 1.807) is 36.7 Å². The number of aryl methyl sites for hydroxylation is 1. The quantitative estimate of drug-likeness (QED) is 0.593. The lowest BCUT2D eigenvalue weighted by atomic mass is 10.0. The molecule has 0 amide bonds. The molecular weight excluding hydrogens is 388 g/mol.